The van der Waals surface area contributed by atoms with Crippen LogP contribution in [0.4, 0.5) is 20.6 Å². The molecule has 2 aromatic rings. The molecule has 0 aliphatic carbocycles. The van der Waals surface area contributed by atoms with Crippen molar-refractivity contribution < 1.29 is 13.9 Å². The van der Waals surface area contributed by atoms with Crippen LogP contribution in [0, 0.1) is 5.82 Å². The van der Waals surface area contributed by atoms with Crippen LogP contribution in [-0.4, -0.2) is 55.8 Å². The Morgan fingerprint density at radius 1 is 1.21 bits per heavy atom. The maximum absolute atomic E-state index is 13.3. The maximum atomic E-state index is 13.3. The van der Waals surface area contributed by atoms with Crippen LogP contribution < -0.4 is 10.2 Å². The minimum Gasteiger partial charge on any atom is -0.384 e. The largest absolute Gasteiger partial charge is 0.384 e. The third kappa shape index (κ3) is 5.50. The zero-order valence-electron chi connectivity index (χ0n) is 16.1. The highest BCUT2D eigenvalue weighted by Gasteiger charge is 2.22. The fourth-order valence-electron chi connectivity index (χ4n) is 3.34. The van der Waals surface area contributed by atoms with Crippen LogP contribution in [0.3, 0.4) is 0 Å². The van der Waals surface area contributed by atoms with Crippen molar-refractivity contribution in [3.63, 3.8) is 0 Å². The summed E-state index contributed by atoms with van der Waals surface area (Å²) >= 11 is 12.2. The van der Waals surface area contributed by atoms with Crippen molar-refractivity contribution in [1.82, 2.24) is 9.88 Å². The molecule has 0 unspecified atom stereocenters. The molecule has 9 heteroatoms. The molecule has 0 saturated carbocycles. The van der Waals surface area contributed by atoms with Gasteiger partial charge >= 0.3 is 6.03 Å². The smallest absolute Gasteiger partial charge is 0.321 e. The Bertz CT molecular complexity index is 868. The fraction of sp³-hybridized carbons (Fsp3) is 0.400. The molecule has 1 aliphatic heterocycles. The summed E-state index contributed by atoms with van der Waals surface area (Å²) in [5, 5.41) is 3.35. The molecule has 1 saturated heterocycles. The number of carbonyl (C=O) groups is 1. The van der Waals surface area contributed by atoms with E-state index in [1.807, 2.05) is 6.20 Å². The lowest BCUT2D eigenvalue weighted by atomic mass is 10.1. The van der Waals surface area contributed by atoms with Gasteiger partial charge in [0.25, 0.3) is 0 Å². The molecule has 1 aliphatic rings. The topological polar surface area (TPSA) is 57.7 Å². The van der Waals surface area contributed by atoms with E-state index in [1.165, 1.54) is 18.2 Å². The number of nitrogens with zero attached hydrogens (tertiary/aromatic N) is 3. The predicted molar refractivity (Wildman–Crippen MR) is 114 cm³/mol. The van der Waals surface area contributed by atoms with Crippen LogP contribution in [0.2, 0.25) is 10.0 Å². The molecule has 3 rings (SSSR count). The van der Waals surface area contributed by atoms with Crippen LogP contribution in [-0.2, 0) is 11.2 Å². The number of aromatic nitrogens is 1. The van der Waals surface area contributed by atoms with E-state index in [-0.39, 0.29) is 11.1 Å². The van der Waals surface area contributed by atoms with Crippen LogP contribution in [0.25, 0.3) is 0 Å². The van der Waals surface area contributed by atoms with E-state index in [2.05, 4.69) is 15.2 Å². The van der Waals surface area contributed by atoms with Gasteiger partial charge in [0.15, 0.2) is 0 Å². The van der Waals surface area contributed by atoms with E-state index < -0.39 is 5.82 Å². The number of pyridine rings is 1. The molecule has 29 heavy (non-hydrogen) atoms. The zero-order chi connectivity index (χ0) is 20.8. The number of hydrogen-bond donors (Lipinski definition) is 1. The molecular formula is C20H23Cl2FN4O2. The van der Waals surface area contributed by atoms with Crippen molar-refractivity contribution in [3.8, 4) is 0 Å². The number of halogens is 3. The molecule has 1 aromatic heterocycles. The second-order valence-electron chi connectivity index (χ2n) is 6.76. The van der Waals surface area contributed by atoms with Crippen molar-refractivity contribution in [2.75, 3.05) is 50.1 Å². The third-order valence-corrected chi connectivity index (χ3v) is 5.36. The first kappa shape index (κ1) is 21.6. The lowest BCUT2D eigenvalue weighted by Gasteiger charge is -2.26. The van der Waals surface area contributed by atoms with Gasteiger partial charge in [0.05, 0.1) is 22.3 Å². The summed E-state index contributed by atoms with van der Waals surface area (Å²) in [7, 11) is 1.66. The number of methoxy groups -OCH3 is 1. The highest BCUT2D eigenvalue weighted by molar-refractivity contribution is 6.33. The van der Waals surface area contributed by atoms with Crippen molar-refractivity contribution in [2.45, 2.75) is 12.8 Å². The monoisotopic (exact) mass is 440 g/mol. The number of hydrogen-bond acceptors (Lipinski definition) is 4. The highest BCUT2D eigenvalue weighted by Crippen LogP contribution is 2.30. The number of benzene rings is 1. The molecule has 0 bridgehead atoms. The standard InChI is InChI=1S/C20H23Cl2FN4O2/c1-29-10-5-14-12-24-13-17(22)19(14)26-6-2-7-27(9-8-26)20(28)25-15-3-4-18(23)16(21)11-15/h3-4,11-13H,2,5-10H2,1H3,(H,25,28). The van der Waals surface area contributed by atoms with Gasteiger partial charge < -0.3 is 19.9 Å². The van der Waals surface area contributed by atoms with Crippen LogP contribution in [0.1, 0.15) is 12.0 Å². The summed E-state index contributed by atoms with van der Waals surface area (Å²) in [5.41, 5.74) is 2.44. The molecule has 1 aromatic carbocycles. The lowest BCUT2D eigenvalue weighted by molar-refractivity contribution is 0.202. The number of anilines is 2. The molecular weight excluding hydrogens is 418 g/mol. The molecule has 0 radical (unpaired) electrons. The minimum absolute atomic E-state index is 0.0271. The summed E-state index contributed by atoms with van der Waals surface area (Å²) in [5.74, 6) is -0.520. The summed E-state index contributed by atoms with van der Waals surface area (Å²) < 4.78 is 18.5. The van der Waals surface area contributed by atoms with Crippen molar-refractivity contribution >= 4 is 40.6 Å². The van der Waals surface area contributed by atoms with Gasteiger partial charge in [-0.2, -0.15) is 0 Å². The molecule has 156 valence electrons. The minimum atomic E-state index is -0.520. The number of rotatable bonds is 5. The van der Waals surface area contributed by atoms with Gasteiger partial charge in [-0.25, -0.2) is 9.18 Å². The maximum Gasteiger partial charge on any atom is 0.321 e. The second-order valence-corrected chi connectivity index (χ2v) is 7.57. The molecule has 2 amide bonds. The van der Waals surface area contributed by atoms with Gasteiger partial charge in [0.1, 0.15) is 5.82 Å². The molecule has 2 heterocycles. The van der Waals surface area contributed by atoms with Crippen molar-refractivity contribution in [1.29, 1.82) is 0 Å². The number of amides is 2. The van der Waals surface area contributed by atoms with Gasteiger partial charge in [-0.1, -0.05) is 23.2 Å². The molecule has 0 spiro atoms. The van der Waals surface area contributed by atoms with Gasteiger partial charge in [-0.15, -0.1) is 0 Å². The van der Waals surface area contributed by atoms with Crippen molar-refractivity contribution in [2.24, 2.45) is 0 Å². The second kappa shape index (κ2) is 10.1. The number of carbonyl (C=O) groups excluding carboxylic acids is 1. The quantitative estimate of drug-likeness (QED) is 0.745. The van der Waals surface area contributed by atoms with Crippen LogP contribution in [0.15, 0.2) is 30.6 Å². The van der Waals surface area contributed by atoms with Crippen LogP contribution in [0.5, 0.6) is 0 Å². The Kier molecular flexibility index (Phi) is 7.52. The Labute approximate surface area is 179 Å². The summed E-state index contributed by atoms with van der Waals surface area (Å²) in [4.78, 5) is 20.8. The Morgan fingerprint density at radius 3 is 2.79 bits per heavy atom. The van der Waals surface area contributed by atoms with Crippen LogP contribution >= 0.6 is 23.2 Å². The summed E-state index contributed by atoms with van der Waals surface area (Å²) in [6.07, 6.45) is 4.96. The van der Waals surface area contributed by atoms with Gasteiger partial charge in [0.2, 0.25) is 0 Å². The Hall–Kier alpha value is -2.09. The number of nitrogens with one attached hydrogen (secondary N) is 1. The molecule has 6 nitrogen and oxygen atoms in total. The molecule has 0 atom stereocenters. The van der Waals surface area contributed by atoms with E-state index in [4.69, 9.17) is 27.9 Å². The third-order valence-electron chi connectivity index (χ3n) is 4.79. The number of urea groups is 1. The first-order valence-corrected chi connectivity index (χ1v) is 10.1. The van der Waals surface area contributed by atoms with Crippen molar-refractivity contribution in [3.05, 3.63) is 52.0 Å². The summed E-state index contributed by atoms with van der Waals surface area (Å²) in [6.45, 7) is 3.13. The van der Waals surface area contributed by atoms with E-state index in [0.29, 0.717) is 43.4 Å². The molecule has 1 N–H and O–H groups in total. The predicted octanol–water partition coefficient (Wildman–Crippen LogP) is 4.46. The molecule has 1 fully saturated rings. The zero-order valence-corrected chi connectivity index (χ0v) is 17.6. The first-order valence-electron chi connectivity index (χ1n) is 9.37. The van der Waals surface area contributed by atoms with Gasteiger partial charge in [-0.05, 0) is 36.6 Å². The Balaban J connectivity index is 1.67. The number of ether oxygens (including phenoxy) is 1. The van der Waals surface area contributed by atoms with E-state index in [9.17, 15) is 9.18 Å². The average Bonchev–Trinajstić information content (AvgIpc) is 2.95. The van der Waals surface area contributed by atoms with Gasteiger partial charge in [0, 0.05) is 51.4 Å². The van der Waals surface area contributed by atoms with Gasteiger partial charge in [-0.3, -0.25) is 4.98 Å². The lowest BCUT2D eigenvalue weighted by Crippen LogP contribution is -2.38. The SMILES string of the molecule is COCCc1cncc(Cl)c1N1CCCN(C(=O)Nc2ccc(F)c(Cl)c2)CC1. The van der Waals surface area contributed by atoms with E-state index in [0.717, 1.165) is 24.2 Å². The normalized spacial score (nSPS) is 14.6. The average molecular weight is 441 g/mol. The van der Waals surface area contributed by atoms with E-state index in [1.54, 1.807) is 18.2 Å². The fourth-order valence-corrected chi connectivity index (χ4v) is 3.82. The highest BCUT2D eigenvalue weighted by atomic mass is 35.5. The summed E-state index contributed by atoms with van der Waals surface area (Å²) in [6, 6.07) is 3.88. The van der Waals surface area contributed by atoms with E-state index >= 15 is 0 Å². The first-order chi connectivity index (χ1) is 14.0. The Morgan fingerprint density at radius 2 is 2.03 bits per heavy atom.